The van der Waals surface area contributed by atoms with Crippen LogP contribution in [0.2, 0.25) is 0 Å². The number of aliphatic hydroxyl groups excluding tert-OH is 1. The summed E-state index contributed by atoms with van der Waals surface area (Å²) in [6.07, 6.45) is 3.41. The molecule has 0 saturated carbocycles. The molecule has 0 atom stereocenters. The number of piperidine rings is 2. The van der Waals surface area contributed by atoms with Crippen molar-refractivity contribution in [2.45, 2.75) is 38.6 Å². The number of rotatable bonds is 8. The molecule has 10 nitrogen and oxygen atoms in total. The van der Waals surface area contributed by atoms with Crippen molar-refractivity contribution < 1.29 is 24.2 Å². The summed E-state index contributed by atoms with van der Waals surface area (Å²) in [5, 5.41) is 9.06. The smallest absolute Gasteiger partial charge is 0.254 e. The zero-order valence-electron chi connectivity index (χ0n) is 27.2. The molecular formula is C37H45N5O5. The van der Waals surface area contributed by atoms with Gasteiger partial charge in [0.2, 0.25) is 11.8 Å². The minimum absolute atomic E-state index is 0.00427. The van der Waals surface area contributed by atoms with Gasteiger partial charge in [-0.1, -0.05) is 30.3 Å². The minimum Gasteiger partial charge on any atom is -0.491 e. The van der Waals surface area contributed by atoms with E-state index in [4.69, 9.17) is 14.8 Å². The van der Waals surface area contributed by atoms with Gasteiger partial charge in [-0.2, -0.15) is 0 Å². The van der Waals surface area contributed by atoms with Crippen LogP contribution in [0.4, 0.5) is 0 Å². The van der Waals surface area contributed by atoms with Crippen molar-refractivity contribution in [1.29, 1.82) is 0 Å². The Labute approximate surface area is 276 Å². The lowest BCUT2D eigenvalue weighted by Gasteiger charge is -2.43. The summed E-state index contributed by atoms with van der Waals surface area (Å²) in [6, 6.07) is 21.6. The third-order valence-electron chi connectivity index (χ3n) is 9.84. The third-order valence-corrected chi connectivity index (χ3v) is 9.84. The molecule has 10 heteroatoms. The second kappa shape index (κ2) is 15.1. The van der Waals surface area contributed by atoms with Gasteiger partial charge in [0.25, 0.3) is 5.91 Å². The highest BCUT2D eigenvalue weighted by Crippen LogP contribution is 2.28. The zero-order chi connectivity index (χ0) is 32.8. The molecule has 3 amide bonds. The number of piperazine rings is 1. The van der Waals surface area contributed by atoms with Crippen LogP contribution in [0, 0.1) is 5.92 Å². The van der Waals surface area contributed by atoms with Crippen molar-refractivity contribution in [2.24, 2.45) is 5.92 Å². The Morgan fingerprint density at radius 1 is 0.745 bits per heavy atom. The summed E-state index contributed by atoms with van der Waals surface area (Å²) in [6.45, 7) is 7.60. The first-order valence-corrected chi connectivity index (χ1v) is 16.9. The summed E-state index contributed by atoms with van der Waals surface area (Å²) >= 11 is 0. The Hall–Kier alpha value is -4.28. The number of nitrogens with zero attached hydrogens (tertiary/aromatic N) is 5. The van der Waals surface area contributed by atoms with Crippen LogP contribution >= 0.6 is 0 Å². The fourth-order valence-electron chi connectivity index (χ4n) is 7.07. The van der Waals surface area contributed by atoms with Crippen molar-refractivity contribution in [1.82, 2.24) is 24.6 Å². The average molecular weight is 640 g/mol. The van der Waals surface area contributed by atoms with Gasteiger partial charge in [0.05, 0.1) is 18.0 Å². The number of ether oxygens (including phenoxy) is 1. The second-order valence-corrected chi connectivity index (χ2v) is 12.8. The molecule has 0 spiro atoms. The molecule has 1 aromatic heterocycles. The van der Waals surface area contributed by atoms with E-state index >= 15 is 0 Å². The van der Waals surface area contributed by atoms with E-state index in [1.54, 1.807) is 6.92 Å². The van der Waals surface area contributed by atoms with Crippen molar-refractivity contribution in [3.63, 3.8) is 0 Å². The monoisotopic (exact) mass is 639 g/mol. The van der Waals surface area contributed by atoms with E-state index in [9.17, 15) is 14.4 Å². The molecule has 47 heavy (non-hydrogen) atoms. The van der Waals surface area contributed by atoms with Gasteiger partial charge in [0, 0.05) is 87.9 Å². The lowest BCUT2D eigenvalue weighted by molar-refractivity contribution is -0.141. The maximum absolute atomic E-state index is 13.9. The Morgan fingerprint density at radius 3 is 1.94 bits per heavy atom. The predicted molar refractivity (Wildman–Crippen MR) is 180 cm³/mol. The topological polar surface area (TPSA) is 107 Å². The first-order chi connectivity index (χ1) is 22.9. The summed E-state index contributed by atoms with van der Waals surface area (Å²) in [5.41, 5.74) is 3.90. The summed E-state index contributed by atoms with van der Waals surface area (Å²) in [7, 11) is 0. The summed E-state index contributed by atoms with van der Waals surface area (Å²) < 4.78 is 5.52. The number of likely N-dealkylation sites (tertiary alicyclic amines) is 2. The van der Waals surface area contributed by atoms with Crippen LogP contribution in [-0.2, 0) is 9.59 Å². The fourth-order valence-corrected chi connectivity index (χ4v) is 7.07. The standard InChI is InChI=1S/C37H45N5O5/c1-27(44)39-15-11-30(12-16-39)36(45)41-17-13-32(14-18-41)40-19-21-42(22-20-40)37(46)31-25-34(28-5-3-2-4-6-28)38-35(26-31)29-7-9-33(10-8-29)47-24-23-43/h2-10,25-26,30,32,43H,11-24H2,1H3. The summed E-state index contributed by atoms with van der Waals surface area (Å²) in [4.78, 5) is 52.0. The molecule has 2 aromatic carbocycles. The van der Waals surface area contributed by atoms with E-state index in [1.165, 1.54) is 0 Å². The Bertz CT molecular complexity index is 1520. The first kappa shape index (κ1) is 32.7. The number of carbonyl (C=O) groups excluding carboxylic acids is 3. The maximum Gasteiger partial charge on any atom is 0.254 e. The summed E-state index contributed by atoms with van der Waals surface area (Å²) in [5.74, 6) is 1.04. The Morgan fingerprint density at radius 2 is 1.34 bits per heavy atom. The van der Waals surface area contributed by atoms with Gasteiger partial charge >= 0.3 is 0 Å². The number of amides is 3. The number of hydrogen-bond acceptors (Lipinski definition) is 7. The number of hydrogen-bond donors (Lipinski definition) is 1. The lowest BCUT2D eigenvalue weighted by Crippen LogP contribution is -2.55. The van der Waals surface area contributed by atoms with Crippen LogP contribution in [-0.4, -0.2) is 119 Å². The molecule has 0 radical (unpaired) electrons. The zero-order valence-corrected chi connectivity index (χ0v) is 27.2. The van der Waals surface area contributed by atoms with Crippen LogP contribution in [0.1, 0.15) is 43.0 Å². The number of benzene rings is 2. The molecule has 3 saturated heterocycles. The quantitative estimate of drug-likeness (QED) is 0.400. The fraction of sp³-hybridized carbons (Fsp3) is 0.459. The molecule has 3 aromatic rings. The maximum atomic E-state index is 13.9. The Balaban J connectivity index is 1.07. The van der Waals surface area contributed by atoms with Crippen LogP contribution < -0.4 is 4.74 Å². The van der Waals surface area contributed by atoms with E-state index in [0.717, 1.165) is 68.7 Å². The predicted octanol–water partition coefficient (Wildman–Crippen LogP) is 3.79. The van der Waals surface area contributed by atoms with Crippen LogP contribution in [0.25, 0.3) is 22.5 Å². The highest BCUT2D eigenvalue weighted by Gasteiger charge is 2.34. The number of aliphatic hydroxyl groups is 1. The van der Waals surface area contributed by atoms with Crippen LogP contribution in [0.15, 0.2) is 66.7 Å². The Kier molecular flexibility index (Phi) is 10.5. The molecule has 3 aliphatic rings. The molecule has 0 aliphatic carbocycles. The molecular weight excluding hydrogens is 594 g/mol. The largest absolute Gasteiger partial charge is 0.491 e. The van der Waals surface area contributed by atoms with E-state index in [1.807, 2.05) is 81.4 Å². The van der Waals surface area contributed by atoms with Gasteiger partial charge in [-0.25, -0.2) is 4.98 Å². The molecule has 248 valence electrons. The van der Waals surface area contributed by atoms with Crippen LogP contribution in [0.5, 0.6) is 5.75 Å². The van der Waals surface area contributed by atoms with Gasteiger partial charge < -0.3 is 24.5 Å². The SMILES string of the molecule is CC(=O)N1CCC(C(=O)N2CCC(N3CCN(C(=O)c4cc(-c5ccccc5)nc(-c5ccc(OCCO)cc5)c4)CC3)CC2)CC1. The molecule has 4 heterocycles. The molecule has 3 fully saturated rings. The number of aromatic nitrogens is 1. The average Bonchev–Trinajstić information content (AvgIpc) is 3.14. The molecule has 1 N–H and O–H groups in total. The number of pyridine rings is 1. The highest BCUT2D eigenvalue weighted by atomic mass is 16.5. The normalized spacial score (nSPS) is 18.3. The van der Waals surface area contributed by atoms with Crippen molar-refractivity contribution in [2.75, 3.05) is 65.6 Å². The molecule has 0 bridgehead atoms. The van der Waals surface area contributed by atoms with E-state index in [2.05, 4.69) is 4.90 Å². The lowest BCUT2D eigenvalue weighted by atomic mass is 9.93. The molecule has 0 unspecified atom stereocenters. The van der Waals surface area contributed by atoms with Gasteiger partial charge in [-0.3, -0.25) is 19.3 Å². The minimum atomic E-state index is -0.0489. The van der Waals surface area contributed by atoms with E-state index < -0.39 is 0 Å². The van der Waals surface area contributed by atoms with Crippen molar-refractivity contribution in [3.05, 3.63) is 72.3 Å². The second-order valence-electron chi connectivity index (χ2n) is 12.8. The van der Waals surface area contributed by atoms with E-state index in [-0.39, 0.29) is 36.9 Å². The van der Waals surface area contributed by atoms with Gasteiger partial charge in [0.1, 0.15) is 12.4 Å². The first-order valence-electron chi connectivity index (χ1n) is 16.9. The van der Waals surface area contributed by atoms with Crippen molar-refractivity contribution in [3.8, 4) is 28.3 Å². The highest BCUT2D eigenvalue weighted by molar-refractivity contribution is 5.96. The van der Waals surface area contributed by atoms with Crippen molar-refractivity contribution >= 4 is 17.7 Å². The third kappa shape index (κ3) is 7.82. The van der Waals surface area contributed by atoms with Gasteiger partial charge in [-0.05, 0) is 62.1 Å². The van der Waals surface area contributed by atoms with Gasteiger partial charge in [-0.15, -0.1) is 0 Å². The van der Waals surface area contributed by atoms with Gasteiger partial charge in [0.15, 0.2) is 0 Å². The van der Waals surface area contributed by atoms with E-state index in [0.29, 0.717) is 49.2 Å². The molecule has 6 rings (SSSR count). The molecule has 3 aliphatic heterocycles. The number of carbonyl (C=O) groups is 3. The van der Waals surface area contributed by atoms with Crippen LogP contribution in [0.3, 0.4) is 0 Å².